The Morgan fingerprint density at radius 2 is 2.22 bits per heavy atom. The monoisotopic (exact) mass is 460 g/mol. The second kappa shape index (κ2) is 10.5. The average molecular weight is 461 g/mol. The summed E-state index contributed by atoms with van der Waals surface area (Å²) < 4.78 is 24.7. The summed E-state index contributed by atoms with van der Waals surface area (Å²) >= 11 is 5.90. The van der Waals surface area contributed by atoms with E-state index in [-0.39, 0.29) is 11.1 Å². The smallest absolute Gasteiger partial charge is 0.155 e. The van der Waals surface area contributed by atoms with Crippen LogP contribution < -0.4 is 0 Å². The molecule has 9 heteroatoms. The average Bonchev–Trinajstić information content (AvgIpc) is 3.22. The molecule has 32 heavy (non-hydrogen) atoms. The van der Waals surface area contributed by atoms with Gasteiger partial charge in [-0.2, -0.15) is 0 Å². The largest absolute Gasteiger partial charge is 0.411 e. The minimum Gasteiger partial charge on any atom is -0.411 e. The first-order chi connectivity index (χ1) is 15.5. The summed E-state index contributed by atoms with van der Waals surface area (Å²) in [5, 5.41) is 13.2. The SMILES string of the molecule is CN(CCC1=Nc2nccc(/C(Cc3ccc(F)c(Cl)c3)=N/O)c2C1)CC1COCCO1. The Kier molecular flexibility index (Phi) is 7.47. The second-order valence-corrected chi connectivity index (χ2v) is 8.47. The minimum absolute atomic E-state index is 0.0414. The minimum atomic E-state index is -0.478. The highest BCUT2D eigenvalue weighted by Crippen LogP contribution is 2.29. The summed E-state index contributed by atoms with van der Waals surface area (Å²) in [5.41, 5.74) is 3.99. The number of hydrogen-bond donors (Lipinski definition) is 1. The van der Waals surface area contributed by atoms with Gasteiger partial charge in [-0.3, -0.25) is 0 Å². The maximum absolute atomic E-state index is 13.5. The molecule has 0 aliphatic carbocycles. The van der Waals surface area contributed by atoms with E-state index >= 15 is 0 Å². The van der Waals surface area contributed by atoms with Gasteiger partial charge in [-0.15, -0.1) is 0 Å². The third-order valence-electron chi connectivity index (χ3n) is 5.65. The number of aliphatic imine (C=N–C) groups is 1. The molecule has 3 heterocycles. The number of halogens is 2. The Hall–Kier alpha value is -2.39. The molecule has 1 unspecified atom stereocenters. The first-order valence-electron chi connectivity index (χ1n) is 10.6. The molecule has 1 atom stereocenters. The highest BCUT2D eigenvalue weighted by atomic mass is 35.5. The van der Waals surface area contributed by atoms with E-state index in [1.165, 1.54) is 6.07 Å². The van der Waals surface area contributed by atoms with E-state index in [0.29, 0.717) is 44.2 Å². The maximum atomic E-state index is 13.5. The summed E-state index contributed by atoms with van der Waals surface area (Å²) in [6.45, 7) is 3.60. The van der Waals surface area contributed by atoms with Crippen LogP contribution in [0, 0.1) is 5.82 Å². The zero-order valence-corrected chi connectivity index (χ0v) is 18.7. The third-order valence-corrected chi connectivity index (χ3v) is 5.94. The van der Waals surface area contributed by atoms with Crippen molar-refractivity contribution >= 4 is 28.8 Å². The molecule has 0 bridgehead atoms. The lowest BCUT2D eigenvalue weighted by Gasteiger charge is -2.27. The highest BCUT2D eigenvalue weighted by Gasteiger charge is 2.23. The molecule has 1 aromatic heterocycles. The quantitative estimate of drug-likeness (QED) is 0.369. The number of rotatable bonds is 8. The molecule has 0 amide bonds. The molecule has 1 saturated heterocycles. The Balaban J connectivity index is 1.39. The molecule has 2 aromatic rings. The number of pyridine rings is 1. The Morgan fingerprint density at radius 3 is 2.97 bits per heavy atom. The zero-order valence-electron chi connectivity index (χ0n) is 17.9. The van der Waals surface area contributed by atoms with Crippen molar-refractivity contribution in [1.82, 2.24) is 9.88 Å². The lowest BCUT2D eigenvalue weighted by Crippen LogP contribution is -2.39. The lowest BCUT2D eigenvalue weighted by molar-refractivity contribution is -0.0955. The predicted octanol–water partition coefficient (Wildman–Crippen LogP) is 3.66. The van der Waals surface area contributed by atoms with E-state index in [1.54, 1.807) is 18.3 Å². The lowest BCUT2D eigenvalue weighted by atomic mass is 9.96. The maximum Gasteiger partial charge on any atom is 0.155 e. The molecule has 0 radical (unpaired) electrons. The number of likely N-dealkylation sites (N-methyl/N-ethyl adjacent to an activating group) is 1. The summed E-state index contributed by atoms with van der Waals surface area (Å²) in [5.74, 6) is 0.177. The molecular formula is C23H26ClFN4O3. The van der Waals surface area contributed by atoms with E-state index in [1.807, 2.05) is 6.07 Å². The topological polar surface area (TPSA) is 79.5 Å². The summed E-state index contributed by atoms with van der Waals surface area (Å²) in [6, 6.07) is 6.31. The van der Waals surface area contributed by atoms with Crippen LogP contribution in [0.1, 0.15) is 23.1 Å². The van der Waals surface area contributed by atoms with Crippen LogP contribution in [0.25, 0.3) is 0 Å². The van der Waals surface area contributed by atoms with Crippen molar-refractivity contribution in [2.24, 2.45) is 10.1 Å². The summed E-state index contributed by atoms with van der Waals surface area (Å²) in [7, 11) is 2.06. The van der Waals surface area contributed by atoms with Crippen LogP contribution in [-0.2, 0) is 22.3 Å². The number of aromatic nitrogens is 1. The molecule has 1 N–H and O–H groups in total. The van der Waals surface area contributed by atoms with Gasteiger partial charge in [0.2, 0.25) is 0 Å². The normalized spacial score (nSPS) is 18.7. The van der Waals surface area contributed by atoms with Crippen molar-refractivity contribution in [3.8, 4) is 0 Å². The van der Waals surface area contributed by atoms with Crippen LogP contribution in [0.5, 0.6) is 0 Å². The third kappa shape index (κ3) is 5.50. The first kappa shape index (κ1) is 22.8. The standard InChI is InChI=1S/C23H26ClFN4O3/c1-29(13-17-14-31-8-9-32-17)7-5-16-12-19-18(4-6-26-23(19)27-16)22(28-30)11-15-2-3-21(25)20(24)10-15/h2-4,6,10,17,30H,5,7-9,11-14H2,1H3/b28-22+. The van der Waals surface area contributed by atoms with Gasteiger partial charge in [0.05, 0.1) is 36.7 Å². The number of ether oxygens (including phenoxy) is 2. The van der Waals surface area contributed by atoms with E-state index in [2.05, 4.69) is 22.1 Å². The van der Waals surface area contributed by atoms with Gasteiger partial charge >= 0.3 is 0 Å². The van der Waals surface area contributed by atoms with Crippen LogP contribution in [0.2, 0.25) is 5.02 Å². The van der Waals surface area contributed by atoms with Crippen molar-refractivity contribution in [3.05, 3.63) is 58.0 Å². The molecule has 170 valence electrons. The molecule has 2 aliphatic rings. The van der Waals surface area contributed by atoms with Gasteiger partial charge in [-0.05, 0) is 37.2 Å². The molecule has 2 aliphatic heterocycles. The van der Waals surface area contributed by atoms with Gasteiger partial charge in [-0.25, -0.2) is 14.4 Å². The van der Waals surface area contributed by atoms with Crippen molar-refractivity contribution in [2.75, 3.05) is 40.0 Å². The second-order valence-electron chi connectivity index (χ2n) is 8.07. The van der Waals surface area contributed by atoms with Crippen molar-refractivity contribution in [1.29, 1.82) is 0 Å². The Labute approximate surface area is 191 Å². The molecule has 0 saturated carbocycles. The summed E-state index contributed by atoms with van der Waals surface area (Å²) in [6.07, 6.45) is 3.54. The number of benzene rings is 1. The van der Waals surface area contributed by atoms with Crippen LogP contribution >= 0.6 is 11.6 Å². The Morgan fingerprint density at radius 1 is 1.34 bits per heavy atom. The van der Waals surface area contributed by atoms with Gasteiger partial charge in [-0.1, -0.05) is 22.8 Å². The van der Waals surface area contributed by atoms with E-state index < -0.39 is 5.82 Å². The van der Waals surface area contributed by atoms with Crippen LogP contribution in [0.4, 0.5) is 10.2 Å². The number of hydrogen-bond acceptors (Lipinski definition) is 7. The fourth-order valence-corrected chi connectivity index (χ4v) is 4.19. The highest BCUT2D eigenvalue weighted by molar-refractivity contribution is 6.30. The molecule has 1 fully saturated rings. The van der Waals surface area contributed by atoms with Gasteiger partial charge < -0.3 is 19.6 Å². The van der Waals surface area contributed by atoms with Crippen LogP contribution in [0.15, 0.2) is 40.6 Å². The molecular weight excluding hydrogens is 435 g/mol. The van der Waals surface area contributed by atoms with Gasteiger partial charge in [0.15, 0.2) is 5.82 Å². The van der Waals surface area contributed by atoms with Crippen LogP contribution in [-0.4, -0.2) is 72.6 Å². The first-order valence-corrected chi connectivity index (χ1v) is 11.0. The fraction of sp³-hybridized carbons (Fsp3) is 0.435. The molecule has 4 rings (SSSR count). The van der Waals surface area contributed by atoms with Crippen molar-refractivity contribution < 1.29 is 19.1 Å². The molecule has 0 spiro atoms. The number of nitrogens with zero attached hydrogens (tertiary/aromatic N) is 4. The fourth-order valence-electron chi connectivity index (χ4n) is 3.99. The number of oxime groups is 1. The predicted molar refractivity (Wildman–Crippen MR) is 121 cm³/mol. The van der Waals surface area contributed by atoms with E-state index in [9.17, 15) is 9.60 Å². The Bertz CT molecular complexity index is 1020. The van der Waals surface area contributed by atoms with Gasteiger partial charge in [0.25, 0.3) is 0 Å². The number of fused-ring (bicyclic) bond motifs is 1. The molecule has 7 nitrogen and oxygen atoms in total. The van der Waals surface area contributed by atoms with Gasteiger partial charge in [0.1, 0.15) is 5.82 Å². The van der Waals surface area contributed by atoms with E-state index in [0.717, 1.165) is 41.9 Å². The van der Waals surface area contributed by atoms with E-state index in [4.69, 9.17) is 26.1 Å². The molecule has 1 aromatic carbocycles. The van der Waals surface area contributed by atoms with Crippen molar-refractivity contribution in [2.45, 2.75) is 25.4 Å². The zero-order chi connectivity index (χ0) is 22.5. The van der Waals surface area contributed by atoms with Crippen LogP contribution in [0.3, 0.4) is 0 Å². The van der Waals surface area contributed by atoms with Gasteiger partial charge in [0, 0.05) is 49.0 Å². The van der Waals surface area contributed by atoms with Crippen molar-refractivity contribution in [3.63, 3.8) is 0 Å². The summed E-state index contributed by atoms with van der Waals surface area (Å²) in [4.78, 5) is 11.3.